The number of aromatic nitrogens is 4. The van der Waals surface area contributed by atoms with Crippen molar-refractivity contribution < 1.29 is 4.74 Å². The number of rotatable bonds is 7. The van der Waals surface area contributed by atoms with Crippen molar-refractivity contribution in [3.05, 3.63) is 23.8 Å². The van der Waals surface area contributed by atoms with Gasteiger partial charge >= 0.3 is 0 Å². The molecular weight excluding hydrogens is 266 g/mol. The van der Waals surface area contributed by atoms with Gasteiger partial charge in [-0.05, 0) is 54.2 Å². The molecule has 1 aliphatic carbocycles. The predicted octanol–water partition coefficient (Wildman–Crippen LogP) is 2.05. The average Bonchev–Trinajstić information content (AvgIpc) is 3.17. The molecule has 0 radical (unpaired) electrons. The van der Waals surface area contributed by atoms with Crippen LogP contribution in [-0.2, 0) is 11.3 Å². The van der Waals surface area contributed by atoms with Crippen LogP contribution in [0.2, 0.25) is 0 Å². The third-order valence-electron chi connectivity index (χ3n) is 3.77. The zero-order valence-corrected chi connectivity index (χ0v) is 12.3. The summed E-state index contributed by atoms with van der Waals surface area (Å²) in [6, 6.07) is 5.83. The third kappa shape index (κ3) is 3.39. The van der Waals surface area contributed by atoms with Crippen LogP contribution in [0.3, 0.4) is 0 Å². The smallest absolute Gasteiger partial charge is 0.184 e. The van der Waals surface area contributed by atoms with Crippen LogP contribution in [0, 0.1) is 12.8 Å². The summed E-state index contributed by atoms with van der Waals surface area (Å²) in [5.74, 6) is 1.54. The van der Waals surface area contributed by atoms with Gasteiger partial charge in [0, 0.05) is 31.0 Å². The monoisotopic (exact) mass is 287 g/mol. The fourth-order valence-corrected chi connectivity index (χ4v) is 2.38. The van der Waals surface area contributed by atoms with Gasteiger partial charge in [-0.3, -0.25) is 0 Å². The van der Waals surface area contributed by atoms with Crippen molar-refractivity contribution in [3.63, 3.8) is 0 Å². The summed E-state index contributed by atoms with van der Waals surface area (Å²) >= 11 is 0. The molecule has 0 amide bonds. The van der Waals surface area contributed by atoms with Crippen LogP contribution >= 0.6 is 0 Å². The highest BCUT2D eigenvalue weighted by atomic mass is 16.5. The summed E-state index contributed by atoms with van der Waals surface area (Å²) in [6.07, 6.45) is 3.55. The van der Waals surface area contributed by atoms with E-state index >= 15 is 0 Å². The standard InChI is InChI=1S/C15H21N5O/c1-11-4-2-5-13(16)14(11)15-17-18-19-20(15)8-3-9-21-10-12-6-7-12/h2,4-5,12H,3,6-10,16H2,1H3. The van der Waals surface area contributed by atoms with Gasteiger partial charge in [0.2, 0.25) is 0 Å². The lowest BCUT2D eigenvalue weighted by molar-refractivity contribution is 0.118. The number of hydrogen-bond acceptors (Lipinski definition) is 5. The maximum absolute atomic E-state index is 6.06. The molecule has 6 heteroatoms. The van der Waals surface area contributed by atoms with E-state index in [4.69, 9.17) is 10.5 Å². The Morgan fingerprint density at radius 3 is 3.00 bits per heavy atom. The summed E-state index contributed by atoms with van der Waals surface area (Å²) in [5, 5.41) is 12.0. The first-order chi connectivity index (χ1) is 10.3. The molecule has 1 aliphatic rings. The maximum atomic E-state index is 6.06. The fourth-order valence-electron chi connectivity index (χ4n) is 2.38. The Balaban J connectivity index is 1.63. The van der Waals surface area contributed by atoms with Gasteiger partial charge < -0.3 is 10.5 Å². The van der Waals surface area contributed by atoms with Crippen LogP contribution in [0.1, 0.15) is 24.8 Å². The first-order valence-corrected chi connectivity index (χ1v) is 7.45. The minimum atomic E-state index is 0.705. The molecule has 3 rings (SSSR count). The number of nitrogen functional groups attached to an aromatic ring is 1. The second-order valence-electron chi connectivity index (χ2n) is 5.64. The molecule has 0 bridgehead atoms. The van der Waals surface area contributed by atoms with Crippen molar-refractivity contribution in [2.45, 2.75) is 32.7 Å². The molecule has 0 aliphatic heterocycles. The highest BCUT2D eigenvalue weighted by Gasteiger charge is 2.21. The second kappa shape index (κ2) is 6.22. The number of anilines is 1. The molecule has 1 aromatic heterocycles. The Kier molecular flexibility index (Phi) is 4.15. The lowest BCUT2D eigenvalue weighted by Gasteiger charge is -2.09. The Labute approximate surface area is 124 Å². The van der Waals surface area contributed by atoms with E-state index in [0.29, 0.717) is 5.69 Å². The molecule has 2 aromatic rings. The second-order valence-corrected chi connectivity index (χ2v) is 5.64. The van der Waals surface area contributed by atoms with E-state index in [1.54, 1.807) is 4.68 Å². The van der Waals surface area contributed by atoms with Gasteiger partial charge in [0.1, 0.15) is 0 Å². The van der Waals surface area contributed by atoms with E-state index in [1.165, 1.54) is 12.8 Å². The average molecular weight is 287 g/mol. The number of ether oxygens (including phenoxy) is 1. The quantitative estimate of drug-likeness (QED) is 0.623. The van der Waals surface area contributed by atoms with Gasteiger partial charge in [-0.15, -0.1) is 5.10 Å². The van der Waals surface area contributed by atoms with Crippen molar-refractivity contribution >= 4 is 5.69 Å². The van der Waals surface area contributed by atoms with E-state index in [0.717, 1.165) is 49.0 Å². The van der Waals surface area contributed by atoms with Crippen LogP contribution in [0.5, 0.6) is 0 Å². The van der Waals surface area contributed by atoms with E-state index < -0.39 is 0 Å². The highest BCUT2D eigenvalue weighted by molar-refractivity contribution is 5.74. The van der Waals surface area contributed by atoms with Crippen molar-refractivity contribution in [1.29, 1.82) is 0 Å². The Bertz CT molecular complexity index is 586. The zero-order valence-electron chi connectivity index (χ0n) is 12.3. The number of hydrogen-bond donors (Lipinski definition) is 1. The molecule has 21 heavy (non-hydrogen) atoms. The molecular formula is C15H21N5O. The molecule has 0 unspecified atom stereocenters. The zero-order chi connectivity index (χ0) is 14.7. The number of nitrogens with zero attached hydrogens (tertiary/aromatic N) is 4. The third-order valence-corrected chi connectivity index (χ3v) is 3.77. The molecule has 0 atom stereocenters. The first-order valence-electron chi connectivity index (χ1n) is 7.45. The van der Waals surface area contributed by atoms with Gasteiger partial charge in [0.25, 0.3) is 0 Å². The van der Waals surface area contributed by atoms with Gasteiger partial charge in [0.15, 0.2) is 5.82 Å². The molecule has 1 saturated carbocycles. The SMILES string of the molecule is Cc1cccc(N)c1-c1nnnn1CCCOCC1CC1. The van der Waals surface area contributed by atoms with Crippen LogP contribution in [-0.4, -0.2) is 33.4 Å². The van der Waals surface area contributed by atoms with Crippen LogP contribution in [0.4, 0.5) is 5.69 Å². The fraction of sp³-hybridized carbons (Fsp3) is 0.533. The van der Waals surface area contributed by atoms with Gasteiger partial charge in [-0.25, -0.2) is 4.68 Å². The largest absolute Gasteiger partial charge is 0.398 e. The van der Waals surface area contributed by atoms with E-state index in [2.05, 4.69) is 15.5 Å². The summed E-state index contributed by atoms with van der Waals surface area (Å²) in [5.41, 5.74) is 8.77. The topological polar surface area (TPSA) is 78.9 Å². The number of aryl methyl sites for hydroxylation is 2. The van der Waals surface area contributed by atoms with Crippen LogP contribution < -0.4 is 5.73 Å². The lowest BCUT2D eigenvalue weighted by Crippen LogP contribution is -2.08. The Morgan fingerprint density at radius 2 is 2.24 bits per heavy atom. The molecule has 6 nitrogen and oxygen atoms in total. The van der Waals surface area contributed by atoms with Gasteiger partial charge in [-0.2, -0.15) is 0 Å². The minimum Gasteiger partial charge on any atom is -0.398 e. The molecule has 0 spiro atoms. The van der Waals surface area contributed by atoms with Crippen molar-refractivity contribution in [1.82, 2.24) is 20.2 Å². The minimum absolute atomic E-state index is 0.705. The molecule has 0 saturated heterocycles. The predicted molar refractivity (Wildman–Crippen MR) is 80.6 cm³/mol. The number of tetrazole rings is 1. The van der Waals surface area contributed by atoms with Crippen LogP contribution in [0.25, 0.3) is 11.4 Å². The molecule has 1 heterocycles. The summed E-state index contributed by atoms with van der Waals surface area (Å²) < 4.78 is 7.45. The summed E-state index contributed by atoms with van der Waals surface area (Å²) in [4.78, 5) is 0. The lowest BCUT2D eigenvalue weighted by atomic mass is 10.1. The van der Waals surface area contributed by atoms with E-state index in [9.17, 15) is 0 Å². The Morgan fingerprint density at radius 1 is 1.38 bits per heavy atom. The van der Waals surface area contributed by atoms with Crippen molar-refractivity contribution in [2.75, 3.05) is 18.9 Å². The molecule has 112 valence electrons. The summed E-state index contributed by atoms with van der Waals surface area (Å²) in [7, 11) is 0. The van der Waals surface area contributed by atoms with Crippen molar-refractivity contribution in [2.24, 2.45) is 5.92 Å². The Hall–Kier alpha value is -1.95. The normalized spacial score (nSPS) is 14.5. The van der Waals surface area contributed by atoms with E-state index in [-0.39, 0.29) is 0 Å². The molecule has 2 N–H and O–H groups in total. The van der Waals surface area contributed by atoms with E-state index in [1.807, 2.05) is 25.1 Å². The number of nitrogens with two attached hydrogens (primary N) is 1. The van der Waals surface area contributed by atoms with Crippen LogP contribution in [0.15, 0.2) is 18.2 Å². The van der Waals surface area contributed by atoms with Crippen molar-refractivity contribution in [3.8, 4) is 11.4 Å². The van der Waals surface area contributed by atoms with Gasteiger partial charge in [0.05, 0.1) is 0 Å². The number of benzene rings is 1. The highest BCUT2D eigenvalue weighted by Crippen LogP contribution is 2.29. The van der Waals surface area contributed by atoms with Gasteiger partial charge in [-0.1, -0.05) is 12.1 Å². The molecule has 1 fully saturated rings. The first kappa shape index (κ1) is 14.0. The summed E-state index contributed by atoms with van der Waals surface area (Å²) in [6.45, 7) is 4.40. The maximum Gasteiger partial charge on any atom is 0.184 e. The molecule has 1 aromatic carbocycles.